The first-order valence-corrected chi connectivity index (χ1v) is 5.71. The molecule has 1 aliphatic carbocycles. The van der Waals surface area contributed by atoms with Crippen LogP contribution in [0.2, 0.25) is 0 Å². The van der Waals surface area contributed by atoms with E-state index in [-0.39, 0.29) is 5.78 Å². The van der Waals surface area contributed by atoms with Crippen LogP contribution < -0.4 is 4.74 Å². The van der Waals surface area contributed by atoms with Gasteiger partial charge in [0.05, 0.1) is 7.11 Å². The van der Waals surface area contributed by atoms with E-state index in [1.807, 2.05) is 36.4 Å². The molecule has 2 aromatic rings. The van der Waals surface area contributed by atoms with E-state index in [1.165, 1.54) is 6.92 Å². The Balaban J connectivity index is 2.47. The zero-order valence-electron chi connectivity index (χ0n) is 10.2. The van der Waals surface area contributed by atoms with Crippen LogP contribution in [0.3, 0.4) is 0 Å². The summed E-state index contributed by atoms with van der Waals surface area (Å²) in [6.45, 7) is 1.51. The molecule has 3 rings (SSSR count). The van der Waals surface area contributed by atoms with E-state index in [9.17, 15) is 4.79 Å². The Kier molecular flexibility index (Phi) is 2.33. The summed E-state index contributed by atoms with van der Waals surface area (Å²) in [5, 5.41) is 0.935. The molecule has 0 atom stereocenters. The SMILES string of the molecule is COc1ccc2oc(C(C)=O)c3c2c1C=CC=C3. The van der Waals surface area contributed by atoms with Crippen molar-refractivity contribution in [2.45, 2.75) is 6.92 Å². The van der Waals surface area contributed by atoms with E-state index < -0.39 is 0 Å². The standard InChI is InChI=1S/C15H12O3/c1-9(16)15-11-6-4-3-5-10-12(17-2)7-8-13(18-15)14(10)11/h3-8H,1-2H3. The zero-order chi connectivity index (χ0) is 12.7. The summed E-state index contributed by atoms with van der Waals surface area (Å²) >= 11 is 0. The topological polar surface area (TPSA) is 39.4 Å². The average Bonchev–Trinajstić information content (AvgIpc) is 2.59. The summed E-state index contributed by atoms with van der Waals surface area (Å²) in [6.07, 6.45) is 7.69. The smallest absolute Gasteiger partial charge is 0.195 e. The van der Waals surface area contributed by atoms with E-state index >= 15 is 0 Å². The van der Waals surface area contributed by atoms with Gasteiger partial charge in [-0.25, -0.2) is 0 Å². The van der Waals surface area contributed by atoms with Crippen LogP contribution in [0.25, 0.3) is 23.1 Å². The highest BCUT2D eigenvalue weighted by Gasteiger charge is 2.20. The van der Waals surface area contributed by atoms with Crippen LogP contribution in [0, 0.1) is 0 Å². The molecular weight excluding hydrogens is 228 g/mol. The average molecular weight is 240 g/mol. The molecule has 3 nitrogen and oxygen atoms in total. The molecule has 3 heteroatoms. The fourth-order valence-electron chi connectivity index (χ4n) is 2.29. The molecule has 1 aliphatic rings. The highest BCUT2D eigenvalue weighted by molar-refractivity contribution is 6.06. The number of allylic oxidation sites excluding steroid dienone is 2. The number of furan rings is 1. The Hall–Kier alpha value is -2.29. The number of benzene rings is 1. The highest BCUT2D eigenvalue weighted by atomic mass is 16.5. The maximum absolute atomic E-state index is 11.6. The minimum atomic E-state index is -0.0716. The first kappa shape index (κ1) is 10.8. The van der Waals surface area contributed by atoms with Crippen molar-refractivity contribution in [1.82, 2.24) is 0 Å². The number of ketones is 1. The summed E-state index contributed by atoms with van der Waals surface area (Å²) in [4.78, 5) is 11.6. The molecule has 0 aliphatic heterocycles. The number of carbonyl (C=O) groups is 1. The lowest BCUT2D eigenvalue weighted by atomic mass is 10.0. The van der Waals surface area contributed by atoms with Gasteiger partial charge in [0.2, 0.25) is 0 Å². The third-order valence-electron chi connectivity index (χ3n) is 3.07. The first-order valence-electron chi connectivity index (χ1n) is 5.71. The van der Waals surface area contributed by atoms with Gasteiger partial charge in [-0.3, -0.25) is 4.79 Å². The normalized spacial score (nSPS) is 12.8. The number of carbonyl (C=O) groups excluding carboxylic acids is 1. The number of hydrogen-bond donors (Lipinski definition) is 0. The molecular formula is C15H12O3. The maximum atomic E-state index is 11.6. The van der Waals surface area contributed by atoms with Gasteiger partial charge in [0.15, 0.2) is 11.5 Å². The van der Waals surface area contributed by atoms with Crippen molar-refractivity contribution in [1.29, 1.82) is 0 Å². The second-order valence-electron chi connectivity index (χ2n) is 4.17. The van der Waals surface area contributed by atoms with Crippen molar-refractivity contribution < 1.29 is 13.9 Å². The lowest BCUT2D eigenvalue weighted by Crippen LogP contribution is -1.91. The van der Waals surface area contributed by atoms with E-state index in [1.54, 1.807) is 7.11 Å². The second kappa shape index (κ2) is 3.88. The van der Waals surface area contributed by atoms with Crippen molar-refractivity contribution >= 4 is 28.9 Å². The summed E-state index contributed by atoms with van der Waals surface area (Å²) in [5.74, 6) is 1.11. The number of rotatable bonds is 2. The summed E-state index contributed by atoms with van der Waals surface area (Å²) < 4.78 is 11.0. The van der Waals surface area contributed by atoms with E-state index in [4.69, 9.17) is 9.15 Å². The fraction of sp³-hybridized carbons (Fsp3) is 0.133. The fourth-order valence-corrected chi connectivity index (χ4v) is 2.29. The van der Waals surface area contributed by atoms with Gasteiger partial charge in [0.1, 0.15) is 11.3 Å². The van der Waals surface area contributed by atoms with Crippen LogP contribution in [0.1, 0.15) is 28.6 Å². The molecule has 0 unspecified atom stereocenters. The van der Waals surface area contributed by atoms with Crippen LogP contribution >= 0.6 is 0 Å². The van der Waals surface area contributed by atoms with Gasteiger partial charge in [-0.15, -0.1) is 0 Å². The zero-order valence-corrected chi connectivity index (χ0v) is 10.2. The van der Waals surface area contributed by atoms with Gasteiger partial charge in [-0.1, -0.05) is 24.3 Å². The Morgan fingerprint density at radius 3 is 2.56 bits per heavy atom. The van der Waals surface area contributed by atoms with Gasteiger partial charge < -0.3 is 9.15 Å². The number of Topliss-reactive ketones (excluding diaryl/α,β-unsaturated/α-hetero) is 1. The number of methoxy groups -OCH3 is 1. The van der Waals surface area contributed by atoms with E-state index in [2.05, 4.69) is 0 Å². The molecule has 0 amide bonds. The lowest BCUT2D eigenvalue weighted by molar-refractivity contribution is 0.0989. The molecule has 0 fully saturated rings. The van der Waals surface area contributed by atoms with E-state index in [0.29, 0.717) is 11.3 Å². The Morgan fingerprint density at radius 1 is 1.17 bits per heavy atom. The minimum absolute atomic E-state index is 0.0716. The summed E-state index contributed by atoms with van der Waals surface area (Å²) in [5.41, 5.74) is 2.49. The molecule has 1 heterocycles. The molecule has 1 aromatic carbocycles. The Labute approximate surface area is 104 Å². The van der Waals surface area contributed by atoms with E-state index in [0.717, 1.165) is 22.3 Å². The molecule has 0 bridgehead atoms. The molecule has 0 N–H and O–H groups in total. The van der Waals surface area contributed by atoms with Crippen LogP contribution in [0.5, 0.6) is 5.75 Å². The van der Waals surface area contributed by atoms with Crippen molar-refractivity contribution in [2.75, 3.05) is 7.11 Å². The van der Waals surface area contributed by atoms with Gasteiger partial charge in [0.25, 0.3) is 0 Å². The van der Waals surface area contributed by atoms with Crippen molar-refractivity contribution in [3.05, 3.63) is 41.2 Å². The molecule has 0 radical (unpaired) electrons. The number of ether oxygens (including phenoxy) is 1. The highest BCUT2D eigenvalue weighted by Crippen LogP contribution is 2.37. The van der Waals surface area contributed by atoms with Crippen LogP contribution in [-0.2, 0) is 0 Å². The number of hydrogen-bond acceptors (Lipinski definition) is 3. The first-order chi connectivity index (χ1) is 8.72. The largest absolute Gasteiger partial charge is 0.496 e. The Morgan fingerprint density at radius 2 is 1.89 bits per heavy atom. The van der Waals surface area contributed by atoms with Crippen molar-refractivity contribution in [3.63, 3.8) is 0 Å². The summed E-state index contributed by atoms with van der Waals surface area (Å²) in [7, 11) is 1.63. The predicted molar refractivity (Wildman–Crippen MR) is 70.8 cm³/mol. The van der Waals surface area contributed by atoms with Crippen LogP contribution in [0.4, 0.5) is 0 Å². The molecule has 90 valence electrons. The van der Waals surface area contributed by atoms with Crippen molar-refractivity contribution in [3.8, 4) is 5.75 Å². The second-order valence-corrected chi connectivity index (χ2v) is 4.17. The third-order valence-corrected chi connectivity index (χ3v) is 3.07. The van der Waals surface area contributed by atoms with Crippen molar-refractivity contribution in [2.24, 2.45) is 0 Å². The van der Waals surface area contributed by atoms with Gasteiger partial charge in [0, 0.05) is 23.4 Å². The monoisotopic (exact) mass is 240 g/mol. The molecule has 0 saturated heterocycles. The quantitative estimate of drug-likeness (QED) is 0.751. The van der Waals surface area contributed by atoms with Gasteiger partial charge in [-0.2, -0.15) is 0 Å². The molecule has 0 saturated carbocycles. The Bertz CT molecular complexity index is 702. The predicted octanol–water partition coefficient (Wildman–Crippen LogP) is 3.68. The molecule has 0 spiro atoms. The van der Waals surface area contributed by atoms with Crippen LogP contribution in [0.15, 0.2) is 28.7 Å². The van der Waals surface area contributed by atoms with Gasteiger partial charge in [-0.05, 0) is 12.1 Å². The molecule has 1 aromatic heterocycles. The van der Waals surface area contributed by atoms with Gasteiger partial charge >= 0.3 is 0 Å². The molecule has 18 heavy (non-hydrogen) atoms. The van der Waals surface area contributed by atoms with Crippen LogP contribution in [-0.4, -0.2) is 12.9 Å². The third kappa shape index (κ3) is 1.40. The minimum Gasteiger partial charge on any atom is -0.496 e. The maximum Gasteiger partial charge on any atom is 0.195 e. The lowest BCUT2D eigenvalue weighted by Gasteiger charge is -2.05. The summed E-state index contributed by atoms with van der Waals surface area (Å²) in [6, 6.07) is 3.69.